The molecular weight excluding hydrogens is 262 g/mol. The van der Waals surface area contributed by atoms with Gasteiger partial charge in [-0.1, -0.05) is 31.5 Å². The normalized spacial score (nSPS) is 11.6. The van der Waals surface area contributed by atoms with Crippen LogP contribution in [-0.4, -0.2) is 30.6 Å². The highest BCUT2D eigenvalue weighted by molar-refractivity contribution is 5.80. The van der Waals surface area contributed by atoms with E-state index in [-0.39, 0.29) is 0 Å². The zero-order chi connectivity index (χ0) is 14.9. The minimum atomic E-state index is 0.511. The fourth-order valence-corrected chi connectivity index (χ4v) is 1.96. The Morgan fingerprint density at radius 2 is 2.05 bits per heavy atom. The maximum Gasteiger partial charge on any atom is 0.188 e. The molecule has 112 valence electrons. The van der Waals surface area contributed by atoms with Gasteiger partial charge in [0.15, 0.2) is 5.96 Å². The second-order valence-electron chi connectivity index (χ2n) is 4.86. The molecule has 0 fully saturated rings. The van der Waals surface area contributed by atoms with Crippen molar-refractivity contribution in [3.8, 4) is 0 Å². The monoisotopic (exact) mass is 285 g/mol. The van der Waals surface area contributed by atoms with E-state index in [2.05, 4.69) is 39.7 Å². The number of fused-ring (bicyclic) bond motifs is 1. The van der Waals surface area contributed by atoms with E-state index in [0.29, 0.717) is 5.96 Å². The lowest BCUT2D eigenvalue weighted by atomic mass is 10.2. The molecule has 0 amide bonds. The molecule has 1 aromatic heterocycles. The molecule has 0 spiro atoms. The van der Waals surface area contributed by atoms with Crippen molar-refractivity contribution in [2.75, 3.05) is 25.0 Å². The van der Waals surface area contributed by atoms with Crippen LogP contribution in [0.2, 0.25) is 0 Å². The molecule has 0 aliphatic carbocycles. The van der Waals surface area contributed by atoms with E-state index in [4.69, 9.17) is 5.73 Å². The number of rotatable bonds is 7. The Kier molecular flexibility index (Phi) is 5.82. The molecule has 4 N–H and O–H groups in total. The second kappa shape index (κ2) is 8.09. The molecule has 0 saturated carbocycles. The highest BCUT2D eigenvalue weighted by atomic mass is 15.1. The molecular formula is C16H23N5. The van der Waals surface area contributed by atoms with Gasteiger partial charge in [-0.15, -0.1) is 0 Å². The molecule has 1 aromatic carbocycles. The summed E-state index contributed by atoms with van der Waals surface area (Å²) in [5, 5.41) is 7.51. The van der Waals surface area contributed by atoms with Gasteiger partial charge < -0.3 is 16.4 Å². The largest absolute Gasteiger partial charge is 0.370 e. The van der Waals surface area contributed by atoms with E-state index in [1.54, 1.807) is 0 Å². The molecule has 0 bridgehead atoms. The highest BCUT2D eigenvalue weighted by Gasteiger charge is 1.97. The number of guanidine groups is 1. The van der Waals surface area contributed by atoms with Crippen LogP contribution in [0.4, 0.5) is 5.82 Å². The quantitative estimate of drug-likeness (QED) is 0.415. The predicted molar refractivity (Wildman–Crippen MR) is 89.6 cm³/mol. The smallest absolute Gasteiger partial charge is 0.188 e. The number of unbranched alkanes of at least 4 members (excludes halogenated alkanes) is 1. The minimum absolute atomic E-state index is 0.511. The number of nitrogens with two attached hydrogens (primary N) is 1. The lowest BCUT2D eigenvalue weighted by Crippen LogP contribution is -2.35. The SMILES string of the molecule is CCCCN=C(N)NCCNc1ccc2ccccc2n1. The Bertz CT molecular complexity index is 594. The molecule has 5 heteroatoms. The number of anilines is 1. The van der Waals surface area contributed by atoms with Crippen LogP contribution in [0.1, 0.15) is 19.8 Å². The van der Waals surface area contributed by atoms with E-state index >= 15 is 0 Å². The van der Waals surface area contributed by atoms with E-state index in [9.17, 15) is 0 Å². The summed E-state index contributed by atoms with van der Waals surface area (Å²) in [4.78, 5) is 8.79. The lowest BCUT2D eigenvalue weighted by Gasteiger charge is -2.08. The molecule has 2 aromatic rings. The summed E-state index contributed by atoms with van der Waals surface area (Å²) in [7, 11) is 0. The molecule has 0 atom stereocenters. The van der Waals surface area contributed by atoms with Gasteiger partial charge in [0.2, 0.25) is 0 Å². The average Bonchev–Trinajstić information content (AvgIpc) is 2.52. The number of hydrogen-bond donors (Lipinski definition) is 3. The fraction of sp³-hybridized carbons (Fsp3) is 0.375. The number of nitrogens with zero attached hydrogens (tertiary/aromatic N) is 2. The summed E-state index contributed by atoms with van der Waals surface area (Å²) in [6.45, 7) is 4.39. The van der Waals surface area contributed by atoms with Gasteiger partial charge in [0.1, 0.15) is 5.82 Å². The van der Waals surface area contributed by atoms with Gasteiger partial charge >= 0.3 is 0 Å². The van der Waals surface area contributed by atoms with Gasteiger partial charge in [-0.25, -0.2) is 4.98 Å². The van der Waals surface area contributed by atoms with Crippen molar-refractivity contribution in [2.45, 2.75) is 19.8 Å². The Morgan fingerprint density at radius 3 is 2.90 bits per heavy atom. The van der Waals surface area contributed by atoms with Crippen molar-refractivity contribution in [3.05, 3.63) is 36.4 Å². The zero-order valence-corrected chi connectivity index (χ0v) is 12.5. The predicted octanol–water partition coefficient (Wildman–Crippen LogP) is 2.35. The van der Waals surface area contributed by atoms with Crippen molar-refractivity contribution in [1.82, 2.24) is 10.3 Å². The van der Waals surface area contributed by atoms with Crippen LogP contribution < -0.4 is 16.4 Å². The lowest BCUT2D eigenvalue weighted by molar-refractivity contribution is 0.795. The Morgan fingerprint density at radius 1 is 1.19 bits per heavy atom. The van der Waals surface area contributed by atoms with Gasteiger partial charge in [0.05, 0.1) is 5.52 Å². The number of pyridine rings is 1. The van der Waals surface area contributed by atoms with Gasteiger partial charge in [-0.2, -0.15) is 0 Å². The molecule has 0 radical (unpaired) electrons. The minimum Gasteiger partial charge on any atom is -0.370 e. The number of para-hydroxylation sites is 1. The molecule has 0 saturated heterocycles. The fourth-order valence-electron chi connectivity index (χ4n) is 1.96. The number of aromatic nitrogens is 1. The second-order valence-corrected chi connectivity index (χ2v) is 4.86. The van der Waals surface area contributed by atoms with Crippen molar-refractivity contribution in [2.24, 2.45) is 10.7 Å². The molecule has 0 unspecified atom stereocenters. The van der Waals surface area contributed by atoms with Gasteiger partial charge in [0.25, 0.3) is 0 Å². The summed E-state index contributed by atoms with van der Waals surface area (Å²) in [6, 6.07) is 12.1. The molecule has 0 aliphatic rings. The van der Waals surface area contributed by atoms with Crippen LogP contribution in [0.15, 0.2) is 41.4 Å². The Hall–Kier alpha value is -2.30. The van der Waals surface area contributed by atoms with Gasteiger partial charge in [-0.05, 0) is 24.6 Å². The number of benzene rings is 1. The zero-order valence-electron chi connectivity index (χ0n) is 12.5. The topological polar surface area (TPSA) is 75.3 Å². The van der Waals surface area contributed by atoms with Crippen LogP contribution in [0.3, 0.4) is 0 Å². The van der Waals surface area contributed by atoms with Crippen molar-refractivity contribution < 1.29 is 0 Å². The van der Waals surface area contributed by atoms with E-state index < -0.39 is 0 Å². The highest BCUT2D eigenvalue weighted by Crippen LogP contribution is 2.13. The standard InChI is InChI=1S/C16H23N5/c1-2-3-10-19-16(17)20-12-11-18-15-9-8-13-6-4-5-7-14(13)21-15/h4-9H,2-3,10-12H2,1H3,(H,18,21)(H3,17,19,20). The van der Waals surface area contributed by atoms with E-state index in [1.807, 2.05) is 24.3 Å². The van der Waals surface area contributed by atoms with Crippen molar-refractivity contribution in [1.29, 1.82) is 0 Å². The number of hydrogen-bond acceptors (Lipinski definition) is 3. The van der Waals surface area contributed by atoms with Gasteiger partial charge in [0, 0.05) is 25.0 Å². The summed E-state index contributed by atoms with van der Waals surface area (Å²) >= 11 is 0. The summed E-state index contributed by atoms with van der Waals surface area (Å²) in [5.41, 5.74) is 6.76. The summed E-state index contributed by atoms with van der Waals surface area (Å²) < 4.78 is 0. The van der Waals surface area contributed by atoms with Crippen LogP contribution in [-0.2, 0) is 0 Å². The first-order valence-corrected chi connectivity index (χ1v) is 7.43. The molecule has 1 heterocycles. The molecule has 21 heavy (non-hydrogen) atoms. The van der Waals surface area contributed by atoms with Crippen LogP contribution in [0.25, 0.3) is 10.9 Å². The number of nitrogens with one attached hydrogen (secondary N) is 2. The summed E-state index contributed by atoms with van der Waals surface area (Å²) in [6.07, 6.45) is 2.20. The average molecular weight is 285 g/mol. The first-order valence-electron chi connectivity index (χ1n) is 7.43. The van der Waals surface area contributed by atoms with Crippen molar-refractivity contribution >= 4 is 22.7 Å². The van der Waals surface area contributed by atoms with Crippen LogP contribution in [0, 0.1) is 0 Å². The third-order valence-corrected chi connectivity index (χ3v) is 3.13. The molecule has 5 nitrogen and oxygen atoms in total. The third kappa shape index (κ3) is 4.95. The molecule has 0 aliphatic heterocycles. The van der Waals surface area contributed by atoms with Crippen molar-refractivity contribution in [3.63, 3.8) is 0 Å². The first kappa shape index (κ1) is 15.1. The van der Waals surface area contributed by atoms with Crippen LogP contribution in [0.5, 0.6) is 0 Å². The first-order chi connectivity index (χ1) is 10.3. The summed E-state index contributed by atoms with van der Waals surface area (Å²) in [5.74, 6) is 1.38. The van der Waals surface area contributed by atoms with E-state index in [1.165, 1.54) is 0 Å². The number of aliphatic imine (C=N–C) groups is 1. The van der Waals surface area contributed by atoms with Crippen LogP contribution >= 0.6 is 0 Å². The maximum absolute atomic E-state index is 5.76. The Labute approximate surface area is 125 Å². The van der Waals surface area contributed by atoms with E-state index in [0.717, 1.165) is 49.2 Å². The Balaban J connectivity index is 1.76. The molecule has 2 rings (SSSR count). The maximum atomic E-state index is 5.76. The third-order valence-electron chi connectivity index (χ3n) is 3.13. The van der Waals surface area contributed by atoms with Gasteiger partial charge in [-0.3, -0.25) is 4.99 Å².